The molecule has 4 nitrogen and oxygen atoms in total. The molecule has 1 aromatic heterocycles. The molecule has 23 heavy (non-hydrogen) atoms. The molecule has 0 aliphatic carbocycles. The largest absolute Gasteiger partial charge is 0.478 e. The molecule has 1 fully saturated rings. The first-order valence-electron chi connectivity index (χ1n) is 8.66. The summed E-state index contributed by atoms with van der Waals surface area (Å²) in [6.07, 6.45) is 6.04. The summed E-state index contributed by atoms with van der Waals surface area (Å²) in [7, 11) is 0. The number of carboxylic acid groups (broad SMARTS) is 1. The van der Waals surface area contributed by atoms with Gasteiger partial charge in [-0.3, -0.25) is 0 Å². The highest BCUT2D eigenvalue weighted by Crippen LogP contribution is 2.28. The van der Waals surface area contributed by atoms with Crippen LogP contribution in [0.2, 0.25) is 0 Å². The van der Waals surface area contributed by atoms with Gasteiger partial charge in [0.1, 0.15) is 0 Å². The number of carboxylic acids is 1. The van der Waals surface area contributed by atoms with Crippen molar-refractivity contribution < 1.29 is 14.6 Å². The maximum absolute atomic E-state index is 11.6. The Bertz CT molecular complexity index is 654. The van der Waals surface area contributed by atoms with Crippen molar-refractivity contribution in [2.75, 3.05) is 6.61 Å². The minimum atomic E-state index is -0.852. The van der Waals surface area contributed by atoms with Crippen LogP contribution in [0.25, 0.3) is 10.9 Å². The van der Waals surface area contributed by atoms with E-state index in [4.69, 9.17) is 4.74 Å². The minimum Gasteiger partial charge on any atom is -0.478 e. The second-order valence-corrected chi connectivity index (χ2v) is 5.70. The Labute approximate surface area is 138 Å². The number of benzene rings is 1. The van der Waals surface area contributed by atoms with Crippen LogP contribution in [-0.2, 0) is 17.7 Å². The van der Waals surface area contributed by atoms with E-state index in [1.165, 1.54) is 0 Å². The van der Waals surface area contributed by atoms with E-state index in [0.717, 1.165) is 55.3 Å². The second kappa shape index (κ2) is 8.16. The molecule has 0 bridgehead atoms. The standard InChI is InChI=1S/C17H21NO3.C2H6/c1-2-5-12-6-3-8-15-16(12)14(17(19)20)11-18(15)10-13-7-4-9-21-13;1-2/h3,6,8,11,13H,2,4-5,7,9-10H2,1H3,(H,19,20);1-2H3. The number of ether oxygens (including phenoxy) is 1. The third-order valence-electron chi connectivity index (χ3n) is 4.17. The Balaban J connectivity index is 0.000000924. The first kappa shape index (κ1) is 17.5. The molecule has 1 atom stereocenters. The predicted octanol–water partition coefficient (Wildman–Crippen LogP) is 4.50. The van der Waals surface area contributed by atoms with Gasteiger partial charge < -0.3 is 14.4 Å². The van der Waals surface area contributed by atoms with Crippen molar-refractivity contribution in [3.05, 3.63) is 35.5 Å². The number of aryl methyl sites for hydroxylation is 1. The van der Waals surface area contributed by atoms with Gasteiger partial charge in [-0.25, -0.2) is 4.79 Å². The summed E-state index contributed by atoms with van der Waals surface area (Å²) in [6, 6.07) is 6.07. The lowest BCUT2D eigenvalue weighted by atomic mass is 10.0. The van der Waals surface area contributed by atoms with E-state index in [0.29, 0.717) is 5.56 Å². The number of aromatic nitrogens is 1. The fourth-order valence-corrected chi connectivity index (χ4v) is 3.23. The predicted molar refractivity (Wildman–Crippen MR) is 93.2 cm³/mol. The number of hydrogen-bond donors (Lipinski definition) is 1. The van der Waals surface area contributed by atoms with E-state index in [1.807, 2.05) is 36.6 Å². The average Bonchev–Trinajstić information content (AvgIpc) is 3.19. The van der Waals surface area contributed by atoms with Crippen LogP contribution in [0.5, 0.6) is 0 Å². The van der Waals surface area contributed by atoms with Crippen LogP contribution in [0.15, 0.2) is 24.4 Å². The van der Waals surface area contributed by atoms with E-state index in [2.05, 4.69) is 6.92 Å². The molecule has 3 rings (SSSR count). The number of nitrogens with zero attached hydrogens (tertiary/aromatic N) is 1. The zero-order valence-corrected chi connectivity index (χ0v) is 14.3. The zero-order chi connectivity index (χ0) is 16.8. The lowest BCUT2D eigenvalue weighted by molar-refractivity contribution is 0.0697. The molecule has 2 heterocycles. The third kappa shape index (κ3) is 3.75. The van der Waals surface area contributed by atoms with Gasteiger partial charge in [-0.05, 0) is 30.9 Å². The molecule has 0 spiro atoms. The first-order chi connectivity index (χ1) is 11.2. The summed E-state index contributed by atoms with van der Waals surface area (Å²) >= 11 is 0. The molecule has 2 aromatic rings. The Morgan fingerprint density at radius 3 is 2.78 bits per heavy atom. The zero-order valence-electron chi connectivity index (χ0n) is 14.3. The molecule has 1 aromatic carbocycles. The van der Waals surface area contributed by atoms with Crippen LogP contribution in [0.3, 0.4) is 0 Å². The average molecular weight is 317 g/mol. The van der Waals surface area contributed by atoms with Crippen LogP contribution in [-0.4, -0.2) is 28.4 Å². The highest BCUT2D eigenvalue weighted by Gasteiger charge is 2.21. The SMILES string of the molecule is CC.CCCc1cccc2c1c(C(=O)O)cn2CC1CCCO1. The topological polar surface area (TPSA) is 51.5 Å². The number of carbonyl (C=O) groups is 1. The Hall–Kier alpha value is -1.81. The third-order valence-corrected chi connectivity index (χ3v) is 4.17. The highest BCUT2D eigenvalue weighted by molar-refractivity contribution is 6.05. The van der Waals surface area contributed by atoms with Gasteiger partial charge in [-0.15, -0.1) is 0 Å². The lowest BCUT2D eigenvalue weighted by Crippen LogP contribution is -2.14. The van der Waals surface area contributed by atoms with Crippen molar-refractivity contribution in [2.24, 2.45) is 0 Å². The molecule has 4 heteroatoms. The number of aromatic carboxylic acids is 1. The van der Waals surface area contributed by atoms with Crippen LogP contribution in [0, 0.1) is 0 Å². The quantitative estimate of drug-likeness (QED) is 0.883. The van der Waals surface area contributed by atoms with E-state index in [9.17, 15) is 9.90 Å². The van der Waals surface area contributed by atoms with Crippen LogP contribution < -0.4 is 0 Å². The molecule has 1 saturated heterocycles. The molecule has 0 amide bonds. The fraction of sp³-hybridized carbons (Fsp3) is 0.526. The van der Waals surface area contributed by atoms with E-state index < -0.39 is 5.97 Å². The number of hydrogen-bond acceptors (Lipinski definition) is 2. The van der Waals surface area contributed by atoms with Gasteiger partial charge in [0, 0.05) is 30.3 Å². The maximum atomic E-state index is 11.6. The van der Waals surface area contributed by atoms with Crippen molar-refractivity contribution >= 4 is 16.9 Å². The smallest absolute Gasteiger partial charge is 0.337 e. The summed E-state index contributed by atoms with van der Waals surface area (Å²) in [5, 5.41) is 10.4. The fourth-order valence-electron chi connectivity index (χ4n) is 3.23. The summed E-state index contributed by atoms with van der Waals surface area (Å²) in [5.74, 6) is -0.852. The summed E-state index contributed by atoms with van der Waals surface area (Å²) in [6.45, 7) is 7.67. The van der Waals surface area contributed by atoms with Crippen molar-refractivity contribution in [1.82, 2.24) is 4.57 Å². The highest BCUT2D eigenvalue weighted by atomic mass is 16.5. The Morgan fingerprint density at radius 2 is 2.17 bits per heavy atom. The monoisotopic (exact) mass is 317 g/mol. The normalized spacial score (nSPS) is 17.1. The Morgan fingerprint density at radius 1 is 1.39 bits per heavy atom. The molecular weight excluding hydrogens is 290 g/mol. The van der Waals surface area contributed by atoms with Crippen molar-refractivity contribution in [2.45, 2.75) is 59.1 Å². The van der Waals surface area contributed by atoms with Gasteiger partial charge in [0.15, 0.2) is 0 Å². The molecule has 1 N–H and O–H groups in total. The minimum absolute atomic E-state index is 0.206. The van der Waals surface area contributed by atoms with E-state index in [-0.39, 0.29) is 6.10 Å². The van der Waals surface area contributed by atoms with E-state index >= 15 is 0 Å². The van der Waals surface area contributed by atoms with Gasteiger partial charge in [-0.2, -0.15) is 0 Å². The summed E-state index contributed by atoms with van der Waals surface area (Å²) in [4.78, 5) is 11.6. The van der Waals surface area contributed by atoms with Crippen molar-refractivity contribution in [3.8, 4) is 0 Å². The first-order valence-corrected chi connectivity index (χ1v) is 8.66. The molecule has 0 saturated carbocycles. The molecule has 1 aliphatic rings. The summed E-state index contributed by atoms with van der Waals surface area (Å²) in [5.41, 5.74) is 2.54. The Kier molecular flexibility index (Phi) is 6.22. The number of fused-ring (bicyclic) bond motifs is 1. The molecule has 1 aliphatic heterocycles. The number of rotatable bonds is 5. The van der Waals surface area contributed by atoms with Gasteiger partial charge >= 0.3 is 5.97 Å². The van der Waals surface area contributed by atoms with Crippen LogP contribution in [0.4, 0.5) is 0 Å². The van der Waals surface area contributed by atoms with Crippen LogP contribution >= 0.6 is 0 Å². The van der Waals surface area contributed by atoms with Gasteiger partial charge in [0.05, 0.1) is 11.7 Å². The summed E-state index contributed by atoms with van der Waals surface area (Å²) < 4.78 is 7.73. The van der Waals surface area contributed by atoms with Crippen LogP contribution in [0.1, 0.15) is 56.0 Å². The molecule has 0 radical (unpaired) electrons. The van der Waals surface area contributed by atoms with Crippen molar-refractivity contribution in [1.29, 1.82) is 0 Å². The second-order valence-electron chi connectivity index (χ2n) is 5.70. The molecular formula is C19H27NO3. The lowest BCUT2D eigenvalue weighted by Gasteiger charge is -2.12. The van der Waals surface area contributed by atoms with Crippen molar-refractivity contribution in [3.63, 3.8) is 0 Å². The maximum Gasteiger partial charge on any atom is 0.337 e. The van der Waals surface area contributed by atoms with E-state index in [1.54, 1.807) is 6.20 Å². The molecule has 1 unspecified atom stereocenters. The van der Waals surface area contributed by atoms with Gasteiger partial charge in [-0.1, -0.05) is 39.3 Å². The van der Waals surface area contributed by atoms with Gasteiger partial charge in [0.25, 0.3) is 0 Å². The van der Waals surface area contributed by atoms with Gasteiger partial charge in [0.2, 0.25) is 0 Å². The molecule has 126 valence electrons.